The second-order valence-corrected chi connectivity index (χ2v) is 6.18. The Morgan fingerprint density at radius 1 is 1.40 bits per heavy atom. The monoisotopic (exact) mass is 385 g/mol. The summed E-state index contributed by atoms with van der Waals surface area (Å²) < 4.78 is 38.4. The van der Waals surface area contributed by atoms with E-state index in [1.165, 1.54) is 6.20 Å². The second kappa shape index (κ2) is 5.98. The maximum atomic E-state index is 12.6. The number of halogens is 5. The third kappa shape index (κ3) is 3.32. The summed E-state index contributed by atoms with van der Waals surface area (Å²) in [7, 11) is 0. The van der Waals surface area contributed by atoms with Crippen molar-refractivity contribution in [3.63, 3.8) is 0 Å². The minimum absolute atomic E-state index is 0.364. The van der Waals surface area contributed by atoms with E-state index in [4.69, 9.17) is 17.4 Å². The Morgan fingerprint density at radius 3 is 2.60 bits per heavy atom. The van der Waals surface area contributed by atoms with Gasteiger partial charge in [-0.3, -0.25) is 5.84 Å². The summed E-state index contributed by atoms with van der Waals surface area (Å²) in [5.74, 6) is 5.46. The quantitative estimate of drug-likeness (QED) is 0.616. The van der Waals surface area contributed by atoms with Gasteiger partial charge in [0.25, 0.3) is 0 Å². The number of rotatable bonds is 3. The molecule has 2 aromatic rings. The summed E-state index contributed by atoms with van der Waals surface area (Å²) >= 11 is 9.70. The molecule has 0 radical (unpaired) electrons. The standard InChI is InChI=1S/C11H8BrClF3N3S/c12-7-3-5(13)1-2-6(7)9(19-17)8-4-18-10(20-8)11(14,15)16/h1-4,9,19H,17H2. The number of hydrogen-bond donors (Lipinski definition) is 2. The van der Waals surface area contributed by atoms with Crippen LogP contribution < -0.4 is 11.3 Å². The second-order valence-electron chi connectivity index (χ2n) is 3.83. The zero-order valence-electron chi connectivity index (χ0n) is 9.71. The molecule has 3 N–H and O–H groups in total. The first-order valence-electron chi connectivity index (χ1n) is 5.27. The molecule has 9 heteroatoms. The van der Waals surface area contributed by atoms with Crippen LogP contribution in [0.2, 0.25) is 5.02 Å². The van der Waals surface area contributed by atoms with Crippen molar-refractivity contribution in [1.29, 1.82) is 0 Å². The van der Waals surface area contributed by atoms with Crippen molar-refractivity contribution >= 4 is 38.9 Å². The van der Waals surface area contributed by atoms with E-state index in [1.807, 2.05) is 0 Å². The van der Waals surface area contributed by atoms with Crippen LogP contribution in [0.5, 0.6) is 0 Å². The van der Waals surface area contributed by atoms with Gasteiger partial charge in [-0.2, -0.15) is 13.2 Å². The highest BCUT2D eigenvalue weighted by Crippen LogP contribution is 2.37. The molecule has 1 unspecified atom stereocenters. The predicted octanol–water partition coefficient (Wildman–Crippen LogP) is 4.13. The zero-order valence-corrected chi connectivity index (χ0v) is 12.9. The number of nitrogens with two attached hydrogens (primary N) is 1. The van der Waals surface area contributed by atoms with Crippen molar-refractivity contribution in [1.82, 2.24) is 10.4 Å². The smallest absolute Gasteiger partial charge is 0.271 e. The molecule has 0 spiro atoms. The lowest BCUT2D eigenvalue weighted by Gasteiger charge is -2.16. The molecule has 0 bridgehead atoms. The van der Waals surface area contributed by atoms with Crippen molar-refractivity contribution in [2.24, 2.45) is 5.84 Å². The van der Waals surface area contributed by atoms with Crippen molar-refractivity contribution in [3.8, 4) is 0 Å². The van der Waals surface area contributed by atoms with Gasteiger partial charge in [-0.25, -0.2) is 10.4 Å². The topological polar surface area (TPSA) is 50.9 Å². The van der Waals surface area contributed by atoms with Gasteiger partial charge in [-0.15, -0.1) is 11.3 Å². The van der Waals surface area contributed by atoms with Gasteiger partial charge in [0.1, 0.15) is 0 Å². The Balaban J connectivity index is 2.40. The normalized spacial score (nSPS) is 13.5. The lowest BCUT2D eigenvalue weighted by molar-refractivity contribution is -0.137. The van der Waals surface area contributed by atoms with Crippen LogP contribution in [-0.4, -0.2) is 4.98 Å². The number of alkyl halides is 3. The van der Waals surface area contributed by atoms with Gasteiger partial charge < -0.3 is 0 Å². The number of hydrogen-bond acceptors (Lipinski definition) is 4. The van der Waals surface area contributed by atoms with E-state index in [0.717, 1.165) is 0 Å². The van der Waals surface area contributed by atoms with Crippen molar-refractivity contribution in [3.05, 3.63) is 49.3 Å². The van der Waals surface area contributed by atoms with E-state index >= 15 is 0 Å². The molecule has 1 aromatic carbocycles. The fourth-order valence-electron chi connectivity index (χ4n) is 1.61. The largest absolute Gasteiger partial charge is 0.443 e. The van der Waals surface area contributed by atoms with Gasteiger partial charge in [0, 0.05) is 20.6 Å². The fourth-order valence-corrected chi connectivity index (χ4v) is 3.39. The van der Waals surface area contributed by atoms with E-state index in [0.29, 0.717) is 31.3 Å². The average Bonchev–Trinajstić information content (AvgIpc) is 2.82. The summed E-state index contributed by atoms with van der Waals surface area (Å²) in [6, 6.07) is 4.37. The van der Waals surface area contributed by atoms with Gasteiger partial charge in [0.15, 0.2) is 5.01 Å². The van der Waals surface area contributed by atoms with Crippen LogP contribution >= 0.6 is 38.9 Å². The predicted molar refractivity (Wildman–Crippen MR) is 75.4 cm³/mol. The first-order chi connectivity index (χ1) is 9.32. The Morgan fingerprint density at radius 2 is 2.10 bits per heavy atom. The molecule has 3 nitrogen and oxygen atoms in total. The number of aromatic nitrogens is 1. The van der Waals surface area contributed by atoms with Crippen LogP contribution in [0.15, 0.2) is 28.9 Å². The summed E-state index contributed by atoms with van der Waals surface area (Å²) in [4.78, 5) is 3.75. The summed E-state index contributed by atoms with van der Waals surface area (Å²) in [5.41, 5.74) is 3.16. The molecule has 0 saturated carbocycles. The molecule has 20 heavy (non-hydrogen) atoms. The third-order valence-corrected chi connectivity index (χ3v) is 4.52. The molecule has 108 valence electrons. The lowest BCUT2D eigenvalue weighted by Crippen LogP contribution is -2.28. The zero-order chi connectivity index (χ0) is 14.9. The third-order valence-electron chi connectivity index (χ3n) is 2.49. The fraction of sp³-hybridized carbons (Fsp3) is 0.182. The van der Waals surface area contributed by atoms with E-state index in [1.54, 1.807) is 18.2 Å². The maximum Gasteiger partial charge on any atom is 0.443 e. The molecule has 1 aromatic heterocycles. The number of thiazole rings is 1. The van der Waals surface area contributed by atoms with Gasteiger partial charge in [0.05, 0.1) is 6.04 Å². The summed E-state index contributed by atoms with van der Waals surface area (Å²) in [6.45, 7) is 0. The molecule has 0 fully saturated rings. The van der Waals surface area contributed by atoms with E-state index in [2.05, 4.69) is 26.3 Å². The number of benzene rings is 1. The Labute approximate surface area is 130 Å². The van der Waals surface area contributed by atoms with Crippen LogP contribution in [0, 0.1) is 0 Å². The first-order valence-corrected chi connectivity index (χ1v) is 7.25. The Bertz CT molecular complexity index is 617. The van der Waals surface area contributed by atoms with Crippen molar-refractivity contribution in [2.45, 2.75) is 12.2 Å². The first kappa shape index (κ1) is 15.7. The molecular weight excluding hydrogens is 379 g/mol. The minimum Gasteiger partial charge on any atom is -0.271 e. The Kier molecular flexibility index (Phi) is 4.70. The highest BCUT2D eigenvalue weighted by molar-refractivity contribution is 9.10. The molecule has 2 rings (SSSR count). The van der Waals surface area contributed by atoms with Crippen LogP contribution in [0.4, 0.5) is 13.2 Å². The maximum absolute atomic E-state index is 12.6. The average molecular weight is 387 g/mol. The van der Waals surface area contributed by atoms with E-state index in [9.17, 15) is 13.2 Å². The van der Waals surface area contributed by atoms with Gasteiger partial charge in [0.2, 0.25) is 0 Å². The van der Waals surface area contributed by atoms with Crippen LogP contribution in [-0.2, 0) is 6.18 Å². The van der Waals surface area contributed by atoms with Crippen molar-refractivity contribution in [2.75, 3.05) is 0 Å². The van der Waals surface area contributed by atoms with Gasteiger partial charge >= 0.3 is 6.18 Å². The molecule has 0 aliphatic carbocycles. The highest BCUT2D eigenvalue weighted by atomic mass is 79.9. The molecule has 1 atom stereocenters. The van der Waals surface area contributed by atoms with Crippen LogP contribution in [0.25, 0.3) is 0 Å². The molecule has 0 saturated heterocycles. The van der Waals surface area contributed by atoms with Crippen LogP contribution in [0.3, 0.4) is 0 Å². The Hall–Kier alpha value is -0.670. The van der Waals surface area contributed by atoms with Crippen LogP contribution in [0.1, 0.15) is 21.5 Å². The van der Waals surface area contributed by atoms with Crippen molar-refractivity contribution < 1.29 is 13.2 Å². The lowest BCUT2D eigenvalue weighted by atomic mass is 10.1. The molecule has 1 heterocycles. The molecule has 0 amide bonds. The number of hydrazine groups is 1. The highest BCUT2D eigenvalue weighted by Gasteiger charge is 2.35. The minimum atomic E-state index is -4.46. The molecule has 0 aliphatic heterocycles. The molecular formula is C11H8BrClF3N3S. The van der Waals surface area contributed by atoms with E-state index in [-0.39, 0.29) is 0 Å². The van der Waals surface area contributed by atoms with Gasteiger partial charge in [-0.1, -0.05) is 33.6 Å². The molecule has 0 aliphatic rings. The summed E-state index contributed by atoms with van der Waals surface area (Å²) in [6.07, 6.45) is -3.29. The van der Waals surface area contributed by atoms with Gasteiger partial charge in [-0.05, 0) is 17.7 Å². The number of nitrogens with one attached hydrogen (secondary N) is 1. The summed E-state index contributed by atoms with van der Waals surface area (Å²) in [5, 5.41) is -0.394. The number of nitrogens with zero attached hydrogens (tertiary/aromatic N) is 1. The van der Waals surface area contributed by atoms with E-state index < -0.39 is 17.2 Å². The SMILES string of the molecule is NNC(c1cnc(C(F)(F)F)s1)c1ccc(Cl)cc1Br.